The second kappa shape index (κ2) is 10.4. The van der Waals surface area contributed by atoms with Crippen LogP contribution in [0, 0.1) is 0 Å². The van der Waals surface area contributed by atoms with Crippen LogP contribution in [-0.2, 0) is 0 Å². The SMILES string of the molecule is CCCCCCO.P. The molecule has 1 atom stereocenters. The first-order valence-electron chi connectivity index (χ1n) is 3.02. The highest BCUT2D eigenvalue weighted by Gasteiger charge is 1.80. The summed E-state index contributed by atoms with van der Waals surface area (Å²) in [4.78, 5) is 0. The van der Waals surface area contributed by atoms with Gasteiger partial charge in [0.05, 0.1) is 0 Å². The summed E-state index contributed by atoms with van der Waals surface area (Å²) in [6.45, 7) is 2.53. The first kappa shape index (κ1) is 11.2. The highest BCUT2D eigenvalue weighted by molar-refractivity contribution is 6.92. The fourth-order valence-electron chi connectivity index (χ4n) is 0.539. The summed E-state index contributed by atoms with van der Waals surface area (Å²) in [6.07, 6.45) is 4.68. The highest BCUT2D eigenvalue weighted by Crippen LogP contribution is 1.95. The van der Waals surface area contributed by atoms with E-state index >= 15 is 0 Å². The maximum atomic E-state index is 8.29. The number of unbranched alkanes of at least 4 members (excludes halogenated alkanes) is 3. The largest absolute Gasteiger partial charge is 0.396 e. The highest BCUT2D eigenvalue weighted by atomic mass is 31.0. The van der Waals surface area contributed by atoms with Crippen LogP contribution in [0.1, 0.15) is 32.6 Å². The Morgan fingerprint density at radius 1 is 1.12 bits per heavy atom. The van der Waals surface area contributed by atoms with Crippen molar-refractivity contribution < 1.29 is 5.11 Å². The summed E-state index contributed by atoms with van der Waals surface area (Å²) in [5, 5.41) is 8.29. The Balaban J connectivity index is 0. The molecule has 1 nitrogen and oxygen atoms in total. The molecule has 52 valence electrons. The average molecular weight is 136 g/mol. The molecule has 0 aliphatic rings. The monoisotopic (exact) mass is 136 g/mol. The molecule has 0 heterocycles. The van der Waals surface area contributed by atoms with Crippen molar-refractivity contribution in [3.63, 3.8) is 0 Å². The van der Waals surface area contributed by atoms with Crippen molar-refractivity contribution in [2.24, 2.45) is 0 Å². The van der Waals surface area contributed by atoms with Gasteiger partial charge in [-0.25, -0.2) is 0 Å². The van der Waals surface area contributed by atoms with Crippen molar-refractivity contribution >= 4 is 9.90 Å². The number of aliphatic hydroxyl groups is 1. The zero-order valence-corrected chi connectivity index (χ0v) is 7.10. The molecule has 8 heavy (non-hydrogen) atoms. The predicted octanol–water partition coefficient (Wildman–Crippen LogP) is 1.62. The molecule has 0 aromatic heterocycles. The molecule has 1 unspecified atom stereocenters. The van der Waals surface area contributed by atoms with Crippen LogP contribution in [0.2, 0.25) is 0 Å². The molecule has 0 fully saturated rings. The second-order valence-electron chi connectivity index (χ2n) is 1.78. The van der Waals surface area contributed by atoms with Gasteiger partial charge in [-0.1, -0.05) is 26.2 Å². The van der Waals surface area contributed by atoms with Crippen molar-refractivity contribution in [1.82, 2.24) is 0 Å². The lowest BCUT2D eigenvalue weighted by molar-refractivity contribution is 0.283. The van der Waals surface area contributed by atoms with Gasteiger partial charge in [-0.15, -0.1) is 0 Å². The van der Waals surface area contributed by atoms with Crippen molar-refractivity contribution in [2.45, 2.75) is 32.6 Å². The van der Waals surface area contributed by atoms with Gasteiger partial charge in [0.1, 0.15) is 0 Å². The summed E-state index contributed by atoms with van der Waals surface area (Å²) >= 11 is 0. The summed E-state index contributed by atoms with van der Waals surface area (Å²) < 4.78 is 0. The molecule has 0 spiro atoms. The third kappa shape index (κ3) is 9.63. The van der Waals surface area contributed by atoms with Crippen LogP contribution < -0.4 is 0 Å². The van der Waals surface area contributed by atoms with E-state index in [-0.39, 0.29) is 9.90 Å². The molecule has 0 bridgehead atoms. The van der Waals surface area contributed by atoms with E-state index in [1.165, 1.54) is 19.3 Å². The molecular formula is C6H17OP. The standard InChI is InChI=1S/C6H14O.H3P/c1-2-3-4-5-6-7;/h7H,2-6H2,1H3;1H3. The zero-order valence-electron chi connectivity index (χ0n) is 5.69. The van der Waals surface area contributed by atoms with Crippen molar-refractivity contribution in [1.29, 1.82) is 0 Å². The first-order valence-corrected chi connectivity index (χ1v) is 3.02. The Hall–Kier alpha value is 0.390. The van der Waals surface area contributed by atoms with E-state index < -0.39 is 0 Å². The lowest BCUT2D eigenvalue weighted by Gasteiger charge is -1.90. The molecule has 0 saturated heterocycles. The summed E-state index contributed by atoms with van der Waals surface area (Å²) in [6, 6.07) is 0. The lowest BCUT2D eigenvalue weighted by atomic mass is 10.2. The van der Waals surface area contributed by atoms with Gasteiger partial charge < -0.3 is 5.11 Å². The van der Waals surface area contributed by atoms with Crippen LogP contribution in [0.15, 0.2) is 0 Å². The summed E-state index contributed by atoms with van der Waals surface area (Å²) in [5.74, 6) is 0. The fraction of sp³-hybridized carbons (Fsp3) is 1.00. The van der Waals surface area contributed by atoms with Crippen molar-refractivity contribution in [3.8, 4) is 0 Å². The van der Waals surface area contributed by atoms with E-state index in [9.17, 15) is 0 Å². The van der Waals surface area contributed by atoms with Crippen molar-refractivity contribution in [2.75, 3.05) is 6.61 Å². The van der Waals surface area contributed by atoms with Crippen LogP contribution in [0.5, 0.6) is 0 Å². The van der Waals surface area contributed by atoms with E-state index in [0.717, 1.165) is 6.42 Å². The van der Waals surface area contributed by atoms with E-state index in [0.29, 0.717) is 6.61 Å². The molecule has 0 aromatic carbocycles. The Kier molecular flexibility index (Phi) is 14.6. The summed E-state index contributed by atoms with van der Waals surface area (Å²) in [5.41, 5.74) is 0. The molecule has 0 aromatic rings. The maximum absolute atomic E-state index is 8.29. The molecule has 0 radical (unpaired) electrons. The molecular weight excluding hydrogens is 119 g/mol. The molecule has 2 heteroatoms. The minimum Gasteiger partial charge on any atom is -0.396 e. The predicted molar refractivity (Wildman–Crippen MR) is 42.3 cm³/mol. The topological polar surface area (TPSA) is 20.2 Å². The van der Waals surface area contributed by atoms with Gasteiger partial charge in [0.2, 0.25) is 0 Å². The zero-order chi connectivity index (χ0) is 5.54. The Labute approximate surface area is 55.1 Å². The number of hydrogen-bond acceptors (Lipinski definition) is 1. The van der Waals surface area contributed by atoms with E-state index in [2.05, 4.69) is 6.92 Å². The quantitative estimate of drug-likeness (QED) is 0.460. The number of hydrogen-bond donors (Lipinski definition) is 1. The van der Waals surface area contributed by atoms with E-state index in [4.69, 9.17) is 5.11 Å². The lowest BCUT2D eigenvalue weighted by Crippen LogP contribution is -1.80. The van der Waals surface area contributed by atoms with Gasteiger partial charge in [0, 0.05) is 6.61 Å². The molecule has 0 saturated carbocycles. The first-order chi connectivity index (χ1) is 3.41. The van der Waals surface area contributed by atoms with Gasteiger partial charge in [0.25, 0.3) is 0 Å². The van der Waals surface area contributed by atoms with Crippen molar-refractivity contribution in [3.05, 3.63) is 0 Å². The Morgan fingerprint density at radius 2 is 1.75 bits per heavy atom. The maximum Gasteiger partial charge on any atom is 0.0431 e. The third-order valence-electron chi connectivity index (χ3n) is 1.01. The van der Waals surface area contributed by atoms with Crippen LogP contribution >= 0.6 is 9.90 Å². The molecule has 0 amide bonds. The minimum absolute atomic E-state index is 0. The second-order valence-corrected chi connectivity index (χ2v) is 1.78. The summed E-state index contributed by atoms with van der Waals surface area (Å²) in [7, 11) is 0. The van der Waals surface area contributed by atoms with E-state index in [1.807, 2.05) is 0 Å². The van der Waals surface area contributed by atoms with Gasteiger partial charge in [-0.2, -0.15) is 9.90 Å². The third-order valence-corrected chi connectivity index (χ3v) is 1.01. The van der Waals surface area contributed by atoms with E-state index in [1.54, 1.807) is 0 Å². The van der Waals surface area contributed by atoms with Crippen LogP contribution in [-0.4, -0.2) is 11.7 Å². The average Bonchev–Trinajstić information content (AvgIpc) is 1.69. The van der Waals surface area contributed by atoms with Gasteiger partial charge in [0.15, 0.2) is 0 Å². The van der Waals surface area contributed by atoms with Crippen LogP contribution in [0.25, 0.3) is 0 Å². The molecule has 0 rings (SSSR count). The van der Waals surface area contributed by atoms with Crippen LogP contribution in [0.4, 0.5) is 0 Å². The Bertz CT molecular complexity index is 27.7. The number of rotatable bonds is 4. The molecule has 1 N–H and O–H groups in total. The fourth-order valence-corrected chi connectivity index (χ4v) is 0.539. The van der Waals surface area contributed by atoms with Gasteiger partial charge in [-0.3, -0.25) is 0 Å². The smallest absolute Gasteiger partial charge is 0.0431 e. The Morgan fingerprint density at radius 3 is 2.12 bits per heavy atom. The minimum atomic E-state index is 0. The molecule has 0 aliphatic carbocycles. The molecule has 0 aliphatic heterocycles. The van der Waals surface area contributed by atoms with Crippen LogP contribution in [0.3, 0.4) is 0 Å². The normalized spacial score (nSPS) is 8.25. The van der Waals surface area contributed by atoms with Gasteiger partial charge >= 0.3 is 0 Å². The van der Waals surface area contributed by atoms with Gasteiger partial charge in [-0.05, 0) is 6.42 Å². The number of aliphatic hydroxyl groups excluding tert-OH is 1.